The number of carbonyl (C=O) groups excluding carboxylic acids is 3. The van der Waals surface area contributed by atoms with Crippen molar-refractivity contribution in [1.82, 2.24) is 4.98 Å². The summed E-state index contributed by atoms with van der Waals surface area (Å²) in [6.07, 6.45) is 1.14. The zero-order valence-corrected chi connectivity index (χ0v) is 21.0. The second-order valence-corrected chi connectivity index (χ2v) is 10.6. The van der Waals surface area contributed by atoms with Gasteiger partial charge in [0.25, 0.3) is 0 Å². The number of nitrogens with zero attached hydrogens (tertiary/aromatic N) is 2. The van der Waals surface area contributed by atoms with Gasteiger partial charge in [0, 0.05) is 36.3 Å². The Bertz CT molecular complexity index is 1130. The van der Waals surface area contributed by atoms with Gasteiger partial charge in [-0.3, -0.25) is 19.4 Å². The lowest BCUT2D eigenvalue weighted by Gasteiger charge is -2.30. The molecule has 35 heavy (non-hydrogen) atoms. The lowest BCUT2D eigenvalue weighted by atomic mass is 9.77. The maximum absolute atomic E-state index is 13.5. The Morgan fingerprint density at radius 1 is 1.14 bits per heavy atom. The van der Waals surface area contributed by atoms with Crippen molar-refractivity contribution in [1.29, 1.82) is 0 Å². The van der Waals surface area contributed by atoms with Gasteiger partial charge in [0.1, 0.15) is 12.4 Å². The van der Waals surface area contributed by atoms with E-state index in [9.17, 15) is 18.8 Å². The Morgan fingerprint density at radius 3 is 2.51 bits per heavy atom. The van der Waals surface area contributed by atoms with Crippen molar-refractivity contribution in [3.63, 3.8) is 0 Å². The smallest absolute Gasteiger partial charge is 0.306 e. The standard InChI is InChI=1S/C27H33FN2O5/c1-17(2)27(14-21(30-35-27)25-20-9-7-6-8-18(20)10-11-29-25)23(32)12-19(22(31)15-28)13-24(33)34-16-26(3,4)5/h6-11,17,19H,12-16H2,1-5H3/t19-,27+/m0/s1. The normalized spacial score (nSPS) is 18.8. The van der Waals surface area contributed by atoms with Gasteiger partial charge in [0.15, 0.2) is 11.6 Å². The fourth-order valence-electron chi connectivity index (χ4n) is 4.07. The van der Waals surface area contributed by atoms with E-state index in [-0.39, 0.29) is 37.2 Å². The zero-order valence-electron chi connectivity index (χ0n) is 21.0. The van der Waals surface area contributed by atoms with Gasteiger partial charge in [-0.1, -0.05) is 64.0 Å². The lowest BCUT2D eigenvalue weighted by Crippen LogP contribution is -2.45. The molecule has 8 heteroatoms. The first-order valence-corrected chi connectivity index (χ1v) is 11.8. The Hall–Kier alpha value is -3.16. The number of carbonyl (C=O) groups is 3. The second-order valence-electron chi connectivity index (χ2n) is 10.6. The number of Topliss-reactive ketones (excluding diaryl/α,β-unsaturated/α-hetero) is 2. The highest BCUT2D eigenvalue weighted by Gasteiger charge is 2.50. The number of esters is 1. The summed E-state index contributed by atoms with van der Waals surface area (Å²) < 4.78 is 18.5. The van der Waals surface area contributed by atoms with Gasteiger partial charge in [-0.2, -0.15) is 0 Å². The van der Waals surface area contributed by atoms with E-state index in [0.29, 0.717) is 11.4 Å². The quantitative estimate of drug-likeness (QED) is 0.448. The van der Waals surface area contributed by atoms with E-state index < -0.39 is 35.7 Å². The van der Waals surface area contributed by atoms with E-state index in [0.717, 1.165) is 10.8 Å². The van der Waals surface area contributed by atoms with Crippen LogP contribution in [-0.2, 0) is 24.0 Å². The van der Waals surface area contributed by atoms with Gasteiger partial charge in [-0.15, -0.1) is 0 Å². The van der Waals surface area contributed by atoms with Crippen LogP contribution in [0, 0.1) is 17.3 Å². The van der Waals surface area contributed by atoms with Crippen LogP contribution in [0.2, 0.25) is 0 Å². The summed E-state index contributed by atoms with van der Waals surface area (Å²) in [7, 11) is 0. The molecule has 0 saturated carbocycles. The van der Waals surface area contributed by atoms with Crippen LogP contribution in [0.3, 0.4) is 0 Å². The lowest BCUT2D eigenvalue weighted by molar-refractivity contribution is -0.153. The minimum Gasteiger partial charge on any atom is -0.465 e. The van der Waals surface area contributed by atoms with Gasteiger partial charge in [-0.05, 0) is 16.9 Å². The van der Waals surface area contributed by atoms with E-state index in [4.69, 9.17) is 9.57 Å². The highest BCUT2D eigenvalue weighted by molar-refractivity contribution is 6.12. The number of hydrogen-bond donors (Lipinski definition) is 0. The predicted octanol–water partition coefficient (Wildman–Crippen LogP) is 4.85. The first-order chi connectivity index (χ1) is 16.5. The van der Waals surface area contributed by atoms with E-state index in [1.165, 1.54) is 0 Å². The predicted molar refractivity (Wildman–Crippen MR) is 131 cm³/mol. The first-order valence-electron chi connectivity index (χ1n) is 11.8. The highest BCUT2D eigenvalue weighted by atomic mass is 19.1. The van der Waals surface area contributed by atoms with Crippen molar-refractivity contribution in [3.05, 3.63) is 42.2 Å². The molecule has 0 unspecified atom stereocenters. The molecule has 7 nitrogen and oxygen atoms in total. The van der Waals surface area contributed by atoms with Crippen molar-refractivity contribution in [2.24, 2.45) is 22.4 Å². The minimum absolute atomic E-state index is 0.157. The zero-order chi connectivity index (χ0) is 25.8. The summed E-state index contributed by atoms with van der Waals surface area (Å²) in [5.41, 5.74) is -0.436. The molecule has 1 aromatic heterocycles. The average molecular weight is 485 g/mol. The number of pyridine rings is 1. The third kappa shape index (κ3) is 6.10. The van der Waals surface area contributed by atoms with Gasteiger partial charge in [-0.25, -0.2) is 4.39 Å². The number of rotatable bonds is 10. The SMILES string of the molecule is CC(C)[C@@]1(C(=O)C[C@@H](CC(=O)OCC(C)(C)C)C(=O)CF)CC(c2nccc3ccccc23)=NO1. The number of hydrogen-bond acceptors (Lipinski definition) is 7. The molecule has 0 N–H and O–H groups in total. The van der Waals surface area contributed by atoms with Crippen LogP contribution in [0.5, 0.6) is 0 Å². The van der Waals surface area contributed by atoms with Crippen LogP contribution in [0.4, 0.5) is 4.39 Å². The number of aromatic nitrogens is 1. The van der Waals surface area contributed by atoms with Crippen LogP contribution in [-0.4, -0.2) is 47.1 Å². The van der Waals surface area contributed by atoms with Crippen molar-refractivity contribution < 1.29 is 28.3 Å². The van der Waals surface area contributed by atoms with Gasteiger partial charge in [0.05, 0.1) is 18.7 Å². The molecule has 1 aromatic carbocycles. The summed E-state index contributed by atoms with van der Waals surface area (Å²) >= 11 is 0. The molecule has 0 radical (unpaired) electrons. The number of halogens is 1. The molecular weight excluding hydrogens is 451 g/mol. The number of fused-ring (bicyclic) bond motifs is 1. The van der Waals surface area contributed by atoms with E-state index >= 15 is 0 Å². The topological polar surface area (TPSA) is 94.9 Å². The maximum atomic E-state index is 13.5. The van der Waals surface area contributed by atoms with Crippen LogP contribution in [0.15, 0.2) is 41.7 Å². The maximum Gasteiger partial charge on any atom is 0.306 e. The Kier molecular flexibility index (Phi) is 8.03. The molecule has 2 atom stereocenters. The molecule has 1 aliphatic rings. The van der Waals surface area contributed by atoms with Gasteiger partial charge in [0.2, 0.25) is 5.60 Å². The molecule has 0 bridgehead atoms. The number of benzene rings is 1. The molecule has 2 aromatic rings. The van der Waals surface area contributed by atoms with Gasteiger partial charge >= 0.3 is 5.97 Å². The fourth-order valence-corrected chi connectivity index (χ4v) is 4.07. The second kappa shape index (κ2) is 10.6. The first kappa shape index (κ1) is 26.4. The van der Waals surface area contributed by atoms with Crippen LogP contribution >= 0.6 is 0 Å². The molecular formula is C27H33FN2O5. The molecule has 188 valence electrons. The monoisotopic (exact) mass is 484 g/mol. The molecule has 3 rings (SSSR count). The average Bonchev–Trinajstić information content (AvgIpc) is 3.28. The molecule has 0 aliphatic carbocycles. The van der Waals surface area contributed by atoms with Crippen molar-refractivity contribution in [2.75, 3.05) is 13.3 Å². The number of alkyl halides is 1. The van der Waals surface area contributed by atoms with E-state index in [2.05, 4.69) is 10.1 Å². The van der Waals surface area contributed by atoms with E-state index in [1.807, 2.05) is 65.0 Å². The summed E-state index contributed by atoms with van der Waals surface area (Å²) in [5, 5.41) is 6.09. The van der Waals surface area contributed by atoms with Crippen LogP contribution in [0.25, 0.3) is 10.8 Å². The van der Waals surface area contributed by atoms with E-state index in [1.54, 1.807) is 6.20 Å². The molecule has 1 aliphatic heterocycles. The summed E-state index contributed by atoms with van der Waals surface area (Å²) in [4.78, 5) is 48.4. The van der Waals surface area contributed by atoms with Crippen molar-refractivity contribution in [2.45, 2.75) is 59.5 Å². The van der Waals surface area contributed by atoms with Gasteiger partial charge < -0.3 is 9.57 Å². The summed E-state index contributed by atoms with van der Waals surface area (Å²) in [5.74, 6) is -3.26. The molecule has 0 amide bonds. The third-order valence-corrected chi connectivity index (χ3v) is 6.20. The number of ether oxygens (including phenoxy) is 1. The molecule has 0 saturated heterocycles. The Morgan fingerprint density at radius 2 is 1.86 bits per heavy atom. The largest absolute Gasteiger partial charge is 0.465 e. The van der Waals surface area contributed by atoms with Crippen LogP contribution < -0.4 is 0 Å². The Balaban J connectivity index is 1.79. The third-order valence-electron chi connectivity index (χ3n) is 6.20. The van der Waals surface area contributed by atoms with Crippen molar-refractivity contribution in [3.8, 4) is 0 Å². The Labute approximate surface area is 205 Å². The molecule has 2 heterocycles. The van der Waals surface area contributed by atoms with Crippen LogP contribution in [0.1, 0.15) is 59.6 Å². The molecule has 0 spiro atoms. The summed E-state index contributed by atoms with van der Waals surface area (Å²) in [6, 6.07) is 9.61. The van der Waals surface area contributed by atoms with Crippen molar-refractivity contribution >= 4 is 34.0 Å². The number of ketones is 2. The molecule has 0 fully saturated rings. The highest BCUT2D eigenvalue weighted by Crippen LogP contribution is 2.37. The number of oxime groups is 1. The minimum atomic E-state index is -1.34. The fraction of sp³-hybridized carbons (Fsp3) is 0.519. The summed E-state index contributed by atoms with van der Waals surface area (Å²) in [6.45, 7) is 8.26.